The Labute approximate surface area is 139 Å². The predicted octanol–water partition coefficient (Wildman–Crippen LogP) is 1.71. The zero-order valence-electron chi connectivity index (χ0n) is 13.1. The van der Waals surface area contributed by atoms with Gasteiger partial charge >= 0.3 is 7.75 Å². The van der Waals surface area contributed by atoms with Crippen molar-refractivity contribution in [1.82, 2.24) is 5.09 Å². The van der Waals surface area contributed by atoms with Crippen LogP contribution in [0.15, 0.2) is 47.7 Å². The van der Waals surface area contributed by atoms with E-state index in [1.54, 1.807) is 18.2 Å². The SMILES string of the molecule is CC(CC(O)C1=C(NP(=O)(O)O)CC(=O)C=C1)c1cccc(O)c1. The molecule has 0 heterocycles. The lowest BCUT2D eigenvalue weighted by Crippen LogP contribution is -2.23. The van der Waals surface area contributed by atoms with Crippen molar-refractivity contribution in [1.29, 1.82) is 0 Å². The second-order valence-electron chi connectivity index (χ2n) is 5.81. The van der Waals surface area contributed by atoms with E-state index in [0.29, 0.717) is 0 Å². The second-order valence-corrected chi connectivity index (χ2v) is 7.13. The van der Waals surface area contributed by atoms with Crippen LogP contribution in [-0.4, -0.2) is 31.9 Å². The molecule has 0 aliphatic heterocycles. The summed E-state index contributed by atoms with van der Waals surface area (Å²) in [5.41, 5.74) is 1.14. The number of benzene rings is 1. The molecular formula is C16H20NO6P. The van der Waals surface area contributed by atoms with Crippen LogP contribution in [-0.2, 0) is 9.36 Å². The second kappa shape index (κ2) is 7.32. The average molecular weight is 353 g/mol. The first-order chi connectivity index (χ1) is 11.2. The highest BCUT2D eigenvalue weighted by Gasteiger charge is 2.25. The van der Waals surface area contributed by atoms with Crippen LogP contribution in [0.25, 0.3) is 0 Å². The van der Waals surface area contributed by atoms with Crippen LogP contribution < -0.4 is 5.09 Å². The maximum Gasteiger partial charge on any atom is 0.427 e. The van der Waals surface area contributed by atoms with E-state index in [-0.39, 0.29) is 41.6 Å². The fourth-order valence-corrected chi connectivity index (χ4v) is 3.20. The van der Waals surface area contributed by atoms with E-state index in [1.165, 1.54) is 12.2 Å². The smallest absolute Gasteiger partial charge is 0.427 e. The van der Waals surface area contributed by atoms with Crippen molar-refractivity contribution in [2.75, 3.05) is 0 Å². The predicted molar refractivity (Wildman–Crippen MR) is 88.1 cm³/mol. The molecule has 2 unspecified atom stereocenters. The normalized spacial score (nSPS) is 17.8. The lowest BCUT2D eigenvalue weighted by Gasteiger charge is -2.23. The van der Waals surface area contributed by atoms with Crippen molar-refractivity contribution in [3.05, 3.63) is 53.3 Å². The minimum atomic E-state index is -4.57. The van der Waals surface area contributed by atoms with Gasteiger partial charge in [-0.1, -0.05) is 25.1 Å². The summed E-state index contributed by atoms with van der Waals surface area (Å²) in [6.45, 7) is 1.87. The van der Waals surface area contributed by atoms with Gasteiger partial charge in [-0.3, -0.25) is 9.88 Å². The fourth-order valence-electron chi connectivity index (χ4n) is 2.64. The third-order valence-electron chi connectivity index (χ3n) is 3.80. The van der Waals surface area contributed by atoms with Crippen molar-refractivity contribution in [3.63, 3.8) is 0 Å². The van der Waals surface area contributed by atoms with Crippen LogP contribution >= 0.6 is 7.75 Å². The number of aliphatic hydroxyl groups excluding tert-OH is 1. The third kappa shape index (κ3) is 5.04. The van der Waals surface area contributed by atoms with Crippen LogP contribution in [0.4, 0.5) is 0 Å². The Morgan fingerprint density at radius 3 is 2.62 bits per heavy atom. The molecule has 0 amide bonds. The zero-order chi connectivity index (χ0) is 17.9. The summed E-state index contributed by atoms with van der Waals surface area (Å²) in [5.74, 6) is -0.287. The molecule has 8 heteroatoms. The molecule has 0 fully saturated rings. The number of carbonyl (C=O) groups is 1. The van der Waals surface area contributed by atoms with Gasteiger partial charge in [-0.05, 0) is 36.1 Å². The highest BCUT2D eigenvalue weighted by Crippen LogP contribution is 2.35. The Hall–Kier alpha value is -1.92. The number of phenols is 1. The molecule has 0 saturated heterocycles. The molecule has 130 valence electrons. The molecule has 5 N–H and O–H groups in total. The number of hydrogen-bond donors (Lipinski definition) is 5. The summed E-state index contributed by atoms with van der Waals surface area (Å²) in [7, 11) is -4.57. The first kappa shape index (κ1) is 18.4. The maximum atomic E-state index is 11.5. The summed E-state index contributed by atoms with van der Waals surface area (Å²) >= 11 is 0. The van der Waals surface area contributed by atoms with Gasteiger partial charge in [-0.2, -0.15) is 0 Å². The molecule has 1 aliphatic carbocycles. The van der Waals surface area contributed by atoms with Gasteiger partial charge in [0, 0.05) is 11.3 Å². The van der Waals surface area contributed by atoms with E-state index >= 15 is 0 Å². The van der Waals surface area contributed by atoms with E-state index in [9.17, 15) is 19.6 Å². The minimum Gasteiger partial charge on any atom is -0.508 e. The minimum absolute atomic E-state index is 0.0337. The van der Waals surface area contributed by atoms with Gasteiger partial charge in [0.1, 0.15) is 5.75 Å². The maximum absolute atomic E-state index is 11.5. The Balaban J connectivity index is 2.20. The molecule has 0 radical (unpaired) electrons. The highest BCUT2D eigenvalue weighted by molar-refractivity contribution is 7.49. The molecule has 1 aromatic carbocycles. The molecule has 24 heavy (non-hydrogen) atoms. The highest BCUT2D eigenvalue weighted by atomic mass is 31.2. The number of ketones is 1. The van der Waals surface area contributed by atoms with E-state index in [1.807, 2.05) is 18.1 Å². The molecule has 0 aromatic heterocycles. The van der Waals surface area contributed by atoms with Crippen molar-refractivity contribution >= 4 is 13.5 Å². The van der Waals surface area contributed by atoms with Crippen LogP contribution in [0, 0.1) is 0 Å². The molecule has 2 rings (SSSR count). The lowest BCUT2D eigenvalue weighted by atomic mass is 9.89. The van der Waals surface area contributed by atoms with E-state index in [2.05, 4.69) is 0 Å². The number of allylic oxidation sites excluding steroid dienone is 2. The number of aromatic hydroxyl groups is 1. The molecule has 0 saturated carbocycles. The molecule has 0 bridgehead atoms. The van der Waals surface area contributed by atoms with Gasteiger partial charge in [-0.25, -0.2) is 4.57 Å². The number of aliphatic hydroxyl groups is 1. The van der Waals surface area contributed by atoms with Crippen molar-refractivity contribution < 1.29 is 29.4 Å². The lowest BCUT2D eigenvalue weighted by molar-refractivity contribution is -0.114. The number of carbonyl (C=O) groups excluding carboxylic acids is 1. The summed E-state index contributed by atoms with van der Waals surface area (Å²) < 4.78 is 11.2. The monoisotopic (exact) mass is 353 g/mol. The van der Waals surface area contributed by atoms with Crippen LogP contribution in [0.2, 0.25) is 0 Å². The average Bonchev–Trinajstić information content (AvgIpc) is 2.45. The summed E-state index contributed by atoms with van der Waals surface area (Å²) in [5, 5.41) is 22.0. The van der Waals surface area contributed by atoms with Gasteiger partial charge in [0.25, 0.3) is 0 Å². The first-order valence-electron chi connectivity index (χ1n) is 7.40. The Bertz CT molecular complexity index is 736. The number of rotatable bonds is 6. The van der Waals surface area contributed by atoms with Crippen LogP contribution in [0.3, 0.4) is 0 Å². The largest absolute Gasteiger partial charge is 0.508 e. The Morgan fingerprint density at radius 2 is 2.00 bits per heavy atom. The molecular weight excluding hydrogens is 333 g/mol. The van der Waals surface area contributed by atoms with E-state index < -0.39 is 13.9 Å². The zero-order valence-corrected chi connectivity index (χ0v) is 14.0. The van der Waals surface area contributed by atoms with Crippen molar-refractivity contribution in [2.45, 2.75) is 31.8 Å². The number of nitrogens with one attached hydrogen (secondary N) is 1. The molecule has 1 aromatic rings. The fraction of sp³-hybridized carbons (Fsp3) is 0.312. The number of phenolic OH excluding ortho intramolecular Hbond substituents is 1. The number of hydrogen-bond acceptors (Lipinski definition) is 4. The van der Waals surface area contributed by atoms with Crippen LogP contribution in [0.5, 0.6) is 5.75 Å². The Morgan fingerprint density at radius 1 is 1.29 bits per heavy atom. The summed E-state index contributed by atoms with van der Waals surface area (Å²) in [6.07, 6.45) is 1.71. The van der Waals surface area contributed by atoms with Crippen molar-refractivity contribution in [3.8, 4) is 5.75 Å². The summed E-state index contributed by atoms with van der Waals surface area (Å²) in [4.78, 5) is 29.6. The standard InChI is InChI=1S/C16H20NO6P/c1-10(11-3-2-4-12(18)8-11)7-16(20)14-6-5-13(19)9-15(14)17-24(21,22)23/h2-6,8,10,16,18,20H,7,9H2,1H3,(H3,17,21,22,23). The molecule has 2 atom stereocenters. The molecule has 0 spiro atoms. The van der Waals surface area contributed by atoms with Crippen LogP contribution in [0.1, 0.15) is 31.2 Å². The van der Waals surface area contributed by atoms with Gasteiger partial charge < -0.3 is 20.0 Å². The van der Waals surface area contributed by atoms with Gasteiger partial charge in [0.15, 0.2) is 5.78 Å². The third-order valence-corrected chi connectivity index (χ3v) is 4.37. The molecule has 7 nitrogen and oxygen atoms in total. The Kier molecular flexibility index (Phi) is 5.62. The van der Waals surface area contributed by atoms with Gasteiger partial charge in [0.2, 0.25) is 0 Å². The quantitative estimate of drug-likeness (QED) is 0.493. The summed E-state index contributed by atoms with van der Waals surface area (Å²) in [6, 6.07) is 6.67. The van der Waals surface area contributed by atoms with Gasteiger partial charge in [-0.15, -0.1) is 0 Å². The first-order valence-corrected chi connectivity index (χ1v) is 9.01. The van der Waals surface area contributed by atoms with E-state index in [4.69, 9.17) is 9.79 Å². The topological polar surface area (TPSA) is 127 Å². The van der Waals surface area contributed by atoms with Gasteiger partial charge in [0.05, 0.1) is 12.5 Å². The van der Waals surface area contributed by atoms with Crippen molar-refractivity contribution in [2.24, 2.45) is 0 Å². The van der Waals surface area contributed by atoms with E-state index in [0.717, 1.165) is 5.56 Å². The molecule has 1 aliphatic rings.